The number of hydrogen-bond donors (Lipinski definition) is 2. The topological polar surface area (TPSA) is 58.9 Å². The van der Waals surface area contributed by atoms with E-state index in [0.29, 0.717) is 28.0 Å². The first kappa shape index (κ1) is 15.1. The van der Waals surface area contributed by atoms with Crippen molar-refractivity contribution in [1.82, 2.24) is 0 Å². The molecule has 3 rings (SSSR count). The Hall–Kier alpha value is -2.85. The first-order chi connectivity index (χ1) is 11.1. The lowest BCUT2D eigenvalue weighted by Crippen LogP contribution is -1.87. The SMILES string of the molecule is Oc1ccc(Oc2ccc(Oc3ccc(O)cc3)c(Cl)c2)cc1. The van der Waals surface area contributed by atoms with Gasteiger partial charge in [0.2, 0.25) is 0 Å². The quantitative estimate of drug-likeness (QED) is 0.679. The van der Waals surface area contributed by atoms with Crippen molar-refractivity contribution in [3.63, 3.8) is 0 Å². The summed E-state index contributed by atoms with van der Waals surface area (Å²) in [7, 11) is 0. The van der Waals surface area contributed by atoms with Gasteiger partial charge in [-0.2, -0.15) is 0 Å². The molecule has 4 nitrogen and oxygen atoms in total. The molecule has 3 aromatic carbocycles. The molecule has 0 saturated carbocycles. The van der Waals surface area contributed by atoms with Crippen LogP contribution < -0.4 is 9.47 Å². The molecule has 0 saturated heterocycles. The molecule has 0 aromatic heterocycles. The van der Waals surface area contributed by atoms with Crippen LogP contribution in [-0.2, 0) is 0 Å². The Balaban J connectivity index is 1.75. The van der Waals surface area contributed by atoms with Crippen LogP contribution in [0.25, 0.3) is 0 Å². The maximum Gasteiger partial charge on any atom is 0.146 e. The fourth-order valence-electron chi connectivity index (χ4n) is 1.92. The molecule has 3 aromatic rings. The summed E-state index contributed by atoms with van der Waals surface area (Å²) >= 11 is 6.21. The molecular formula is C18H13ClO4. The van der Waals surface area contributed by atoms with Gasteiger partial charge >= 0.3 is 0 Å². The zero-order chi connectivity index (χ0) is 16.2. The lowest BCUT2D eigenvalue weighted by atomic mass is 10.3. The Kier molecular flexibility index (Phi) is 4.26. The minimum absolute atomic E-state index is 0.168. The lowest BCUT2D eigenvalue weighted by molar-refractivity contribution is 0.458. The Morgan fingerprint density at radius 2 is 1.09 bits per heavy atom. The van der Waals surface area contributed by atoms with Gasteiger partial charge in [-0.3, -0.25) is 0 Å². The van der Waals surface area contributed by atoms with E-state index in [0.717, 1.165) is 0 Å². The van der Waals surface area contributed by atoms with Crippen molar-refractivity contribution < 1.29 is 19.7 Å². The predicted octanol–water partition coefficient (Wildman–Crippen LogP) is 5.34. The highest BCUT2D eigenvalue weighted by molar-refractivity contribution is 6.32. The van der Waals surface area contributed by atoms with E-state index in [1.165, 1.54) is 12.1 Å². The highest BCUT2D eigenvalue weighted by atomic mass is 35.5. The second-order valence-corrected chi connectivity index (χ2v) is 5.19. The summed E-state index contributed by atoms with van der Waals surface area (Å²) in [5.74, 6) is 2.53. The van der Waals surface area contributed by atoms with Gasteiger partial charge in [0, 0.05) is 6.07 Å². The molecule has 0 aliphatic rings. The van der Waals surface area contributed by atoms with Crippen LogP contribution in [-0.4, -0.2) is 10.2 Å². The summed E-state index contributed by atoms with van der Waals surface area (Å²) < 4.78 is 11.3. The normalized spacial score (nSPS) is 10.3. The molecule has 116 valence electrons. The molecule has 0 aliphatic carbocycles. The number of halogens is 1. The number of hydrogen-bond acceptors (Lipinski definition) is 4. The van der Waals surface area contributed by atoms with E-state index in [4.69, 9.17) is 21.1 Å². The summed E-state index contributed by atoms with van der Waals surface area (Å²) in [5, 5.41) is 18.9. The number of phenols is 2. The average molecular weight is 329 g/mol. The lowest BCUT2D eigenvalue weighted by Gasteiger charge is -2.10. The first-order valence-corrected chi connectivity index (χ1v) is 7.21. The zero-order valence-corrected chi connectivity index (χ0v) is 12.7. The number of benzene rings is 3. The summed E-state index contributed by atoms with van der Waals surface area (Å²) in [6, 6.07) is 17.8. The predicted molar refractivity (Wildman–Crippen MR) is 87.8 cm³/mol. The van der Waals surface area contributed by atoms with Crippen molar-refractivity contribution in [2.45, 2.75) is 0 Å². The highest BCUT2D eigenvalue weighted by Crippen LogP contribution is 2.34. The Morgan fingerprint density at radius 3 is 1.61 bits per heavy atom. The van der Waals surface area contributed by atoms with Crippen LogP contribution in [0.2, 0.25) is 5.02 Å². The van der Waals surface area contributed by atoms with Crippen LogP contribution in [0.5, 0.6) is 34.5 Å². The van der Waals surface area contributed by atoms with Crippen LogP contribution in [0, 0.1) is 0 Å². The van der Waals surface area contributed by atoms with Crippen LogP contribution >= 0.6 is 11.6 Å². The van der Waals surface area contributed by atoms with E-state index < -0.39 is 0 Å². The van der Waals surface area contributed by atoms with Gasteiger partial charge in [-0.05, 0) is 60.7 Å². The molecular weight excluding hydrogens is 316 g/mol. The Labute approximate surface area is 138 Å². The van der Waals surface area contributed by atoms with Crippen LogP contribution in [0.3, 0.4) is 0 Å². The van der Waals surface area contributed by atoms with Crippen LogP contribution in [0.4, 0.5) is 0 Å². The second kappa shape index (κ2) is 6.50. The van der Waals surface area contributed by atoms with Gasteiger partial charge in [0.1, 0.15) is 34.5 Å². The molecule has 2 N–H and O–H groups in total. The van der Waals surface area contributed by atoms with Gasteiger partial charge < -0.3 is 19.7 Å². The van der Waals surface area contributed by atoms with Crippen LogP contribution in [0.15, 0.2) is 66.7 Å². The zero-order valence-electron chi connectivity index (χ0n) is 11.9. The van der Waals surface area contributed by atoms with Crippen molar-refractivity contribution >= 4 is 11.6 Å². The van der Waals surface area contributed by atoms with Gasteiger partial charge in [-0.1, -0.05) is 11.6 Å². The van der Waals surface area contributed by atoms with Gasteiger partial charge in [-0.25, -0.2) is 0 Å². The van der Waals surface area contributed by atoms with Gasteiger partial charge in [-0.15, -0.1) is 0 Å². The third kappa shape index (κ3) is 3.87. The van der Waals surface area contributed by atoms with Crippen molar-refractivity contribution in [2.75, 3.05) is 0 Å². The first-order valence-electron chi connectivity index (χ1n) is 6.83. The smallest absolute Gasteiger partial charge is 0.146 e. The van der Waals surface area contributed by atoms with E-state index in [1.807, 2.05) is 0 Å². The van der Waals surface area contributed by atoms with Crippen LogP contribution in [0.1, 0.15) is 0 Å². The highest BCUT2D eigenvalue weighted by Gasteiger charge is 2.06. The molecule has 23 heavy (non-hydrogen) atoms. The molecule has 0 amide bonds. The van der Waals surface area contributed by atoms with Crippen molar-refractivity contribution in [3.05, 3.63) is 71.8 Å². The standard InChI is InChI=1S/C18H13ClO4/c19-17-11-16(22-14-5-1-12(20)2-6-14)9-10-18(17)23-15-7-3-13(21)4-8-15/h1-11,20-21H. The molecule has 0 fully saturated rings. The number of ether oxygens (including phenoxy) is 2. The van der Waals surface area contributed by atoms with E-state index in [9.17, 15) is 10.2 Å². The fourth-order valence-corrected chi connectivity index (χ4v) is 2.13. The van der Waals surface area contributed by atoms with E-state index in [1.54, 1.807) is 54.6 Å². The van der Waals surface area contributed by atoms with E-state index >= 15 is 0 Å². The Morgan fingerprint density at radius 1 is 0.609 bits per heavy atom. The minimum atomic E-state index is 0.168. The average Bonchev–Trinajstić information content (AvgIpc) is 2.54. The molecule has 5 heteroatoms. The summed E-state index contributed by atoms with van der Waals surface area (Å²) in [5.41, 5.74) is 0. The minimum Gasteiger partial charge on any atom is -0.508 e. The summed E-state index contributed by atoms with van der Waals surface area (Å²) in [6.45, 7) is 0. The molecule has 0 radical (unpaired) electrons. The molecule has 0 bridgehead atoms. The van der Waals surface area contributed by atoms with E-state index in [2.05, 4.69) is 0 Å². The molecule has 0 heterocycles. The van der Waals surface area contributed by atoms with E-state index in [-0.39, 0.29) is 11.5 Å². The van der Waals surface area contributed by atoms with Gasteiger partial charge in [0.25, 0.3) is 0 Å². The van der Waals surface area contributed by atoms with Crippen molar-refractivity contribution in [2.24, 2.45) is 0 Å². The number of rotatable bonds is 4. The third-order valence-electron chi connectivity index (χ3n) is 3.04. The third-order valence-corrected chi connectivity index (χ3v) is 3.34. The Bertz CT molecular complexity index is 798. The second-order valence-electron chi connectivity index (χ2n) is 4.78. The number of phenolic OH excluding ortho intramolecular Hbond substituents is 2. The molecule has 0 spiro atoms. The molecule has 0 aliphatic heterocycles. The largest absolute Gasteiger partial charge is 0.508 e. The number of aromatic hydroxyl groups is 2. The van der Waals surface area contributed by atoms with Gasteiger partial charge in [0.05, 0.1) is 5.02 Å². The molecule has 0 unspecified atom stereocenters. The van der Waals surface area contributed by atoms with Crippen molar-refractivity contribution in [1.29, 1.82) is 0 Å². The van der Waals surface area contributed by atoms with Crippen molar-refractivity contribution in [3.8, 4) is 34.5 Å². The summed E-state index contributed by atoms with van der Waals surface area (Å²) in [6.07, 6.45) is 0. The maximum absolute atomic E-state index is 9.26. The monoisotopic (exact) mass is 328 g/mol. The summed E-state index contributed by atoms with van der Waals surface area (Å²) in [4.78, 5) is 0. The fraction of sp³-hybridized carbons (Fsp3) is 0. The van der Waals surface area contributed by atoms with Gasteiger partial charge in [0.15, 0.2) is 0 Å². The maximum atomic E-state index is 9.26. The molecule has 0 atom stereocenters.